The summed E-state index contributed by atoms with van der Waals surface area (Å²) in [7, 11) is 0. The minimum atomic E-state index is -0.655. The Balaban J connectivity index is 1.60. The van der Waals surface area contributed by atoms with Crippen molar-refractivity contribution < 1.29 is 14.7 Å². The summed E-state index contributed by atoms with van der Waals surface area (Å²) in [5.41, 5.74) is 2.88. The van der Waals surface area contributed by atoms with Crippen molar-refractivity contribution in [2.75, 3.05) is 5.32 Å². The number of aryl methyl sites for hydroxylation is 1. The largest absolute Gasteiger partial charge is 0.507 e. The van der Waals surface area contributed by atoms with Gasteiger partial charge in [0.05, 0.1) is 11.4 Å². The standard InChI is InChI=1S/C30H38N2O3/c1-3-4-5-6-7-8-9-10-11-18-28(26-22-23(2)20-21-29(26)33)32-35-30(34)31-27-19-14-16-24-15-12-13-17-25(24)27/h12-17,19-22,33H,3-11,18H2,1-2H3,(H,31,34). The van der Waals surface area contributed by atoms with E-state index >= 15 is 0 Å². The molecule has 0 unspecified atom stereocenters. The zero-order chi connectivity index (χ0) is 24.9. The topological polar surface area (TPSA) is 70.9 Å². The van der Waals surface area contributed by atoms with Crippen LogP contribution in [0.1, 0.15) is 82.3 Å². The smallest absolute Gasteiger partial charge is 0.437 e. The molecule has 0 saturated carbocycles. The van der Waals surface area contributed by atoms with Gasteiger partial charge < -0.3 is 5.11 Å². The highest BCUT2D eigenvalue weighted by Crippen LogP contribution is 2.24. The molecule has 2 N–H and O–H groups in total. The van der Waals surface area contributed by atoms with Gasteiger partial charge >= 0.3 is 6.09 Å². The Bertz CT molecular complexity index is 1120. The summed E-state index contributed by atoms with van der Waals surface area (Å²) >= 11 is 0. The number of nitrogens with zero attached hydrogens (tertiary/aromatic N) is 1. The van der Waals surface area contributed by atoms with E-state index in [1.165, 1.54) is 44.9 Å². The second kappa shape index (κ2) is 14.1. The van der Waals surface area contributed by atoms with Gasteiger partial charge in [-0.3, -0.25) is 10.2 Å². The van der Waals surface area contributed by atoms with E-state index in [9.17, 15) is 9.90 Å². The summed E-state index contributed by atoms with van der Waals surface area (Å²) in [4.78, 5) is 17.8. The minimum Gasteiger partial charge on any atom is -0.507 e. The van der Waals surface area contributed by atoms with Crippen LogP contribution >= 0.6 is 0 Å². The molecular formula is C30H38N2O3. The molecule has 0 fully saturated rings. The number of aromatic hydroxyl groups is 1. The lowest BCUT2D eigenvalue weighted by Crippen LogP contribution is -2.13. The summed E-state index contributed by atoms with van der Waals surface area (Å²) in [6.45, 7) is 4.20. The van der Waals surface area contributed by atoms with E-state index in [-0.39, 0.29) is 5.75 Å². The second-order valence-corrected chi connectivity index (χ2v) is 9.17. The molecule has 0 aliphatic rings. The first kappa shape index (κ1) is 26.3. The van der Waals surface area contributed by atoms with Crippen molar-refractivity contribution >= 4 is 28.3 Å². The predicted molar refractivity (Wildman–Crippen MR) is 145 cm³/mol. The normalized spacial score (nSPS) is 11.5. The number of oxime groups is 1. The number of nitrogens with one attached hydrogen (secondary N) is 1. The van der Waals surface area contributed by atoms with Crippen molar-refractivity contribution in [3.05, 3.63) is 71.8 Å². The maximum Gasteiger partial charge on any atom is 0.437 e. The van der Waals surface area contributed by atoms with Crippen LogP contribution in [-0.2, 0) is 4.84 Å². The van der Waals surface area contributed by atoms with Crippen LogP contribution in [0.5, 0.6) is 5.75 Å². The number of fused-ring (bicyclic) bond motifs is 1. The number of benzene rings is 3. The number of phenolic OH excluding ortho intramolecular Hbond substituents is 1. The van der Waals surface area contributed by atoms with Crippen LogP contribution in [0.2, 0.25) is 0 Å². The first-order valence-electron chi connectivity index (χ1n) is 12.9. The van der Waals surface area contributed by atoms with Gasteiger partial charge in [-0.2, -0.15) is 0 Å². The lowest BCUT2D eigenvalue weighted by atomic mass is 10.00. The molecule has 5 heteroatoms. The summed E-state index contributed by atoms with van der Waals surface area (Å²) in [6.07, 6.45) is 11.0. The Morgan fingerprint density at radius 3 is 2.34 bits per heavy atom. The van der Waals surface area contributed by atoms with E-state index in [2.05, 4.69) is 17.4 Å². The molecule has 1 amide bonds. The molecule has 3 aromatic rings. The molecule has 5 nitrogen and oxygen atoms in total. The van der Waals surface area contributed by atoms with Gasteiger partial charge in [-0.1, -0.05) is 111 Å². The molecule has 35 heavy (non-hydrogen) atoms. The van der Waals surface area contributed by atoms with Crippen molar-refractivity contribution in [3.63, 3.8) is 0 Å². The Kier molecular flexibility index (Phi) is 10.6. The first-order valence-corrected chi connectivity index (χ1v) is 12.9. The average Bonchev–Trinajstić information content (AvgIpc) is 2.86. The van der Waals surface area contributed by atoms with Crippen LogP contribution < -0.4 is 5.32 Å². The molecule has 0 spiro atoms. The Labute approximate surface area is 209 Å². The second-order valence-electron chi connectivity index (χ2n) is 9.17. The molecule has 3 rings (SSSR count). The zero-order valence-corrected chi connectivity index (χ0v) is 21.1. The fourth-order valence-corrected chi connectivity index (χ4v) is 4.28. The number of amides is 1. The molecule has 0 bridgehead atoms. The molecule has 186 valence electrons. The monoisotopic (exact) mass is 474 g/mol. The summed E-state index contributed by atoms with van der Waals surface area (Å²) in [5.74, 6) is 0.142. The third-order valence-corrected chi connectivity index (χ3v) is 6.25. The first-order chi connectivity index (χ1) is 17.1. The van der Waals surface area contributed by atoms with Crippen LogP contribution in [-0.4, -0.2) is 16.9 Å². The Hall–Kier alpha value is -3.34. The van der Waals surface area contributed by atoms with Crippen LogP contribution in [0.4, 0.5) is 10.5 Å². The molecule has 0 aromatic heterocycles. The van der Waals surface area contributed by atoms with E-state index in [0.717, 1.165) is 29.2 Å². The number of unbranched alkanes of at least 4 members (excludes halogenated alkanes) is 8. The third-order valence-electron chi connectivity index (χ3n) is 6.25. The van der Waals surface area contributed by atoms with Crippen LogP contribution in [0.3, 0.4) is 0 Å². The maximum absolute atomic E-state index is 12.6. The van der Waals surface area contributed by atoms with Gasteiger partial charge in [0.2, 0.25) is 0 Å². The quantitative estimate of drug-likeness (QED) is 0.113. The lowest BCUT2D eigenvalue weighted by Gasteiger charge is -2.11. The highest BCUT2D eigenvalue weighted by Gasteiger charge is 2.13. The van der Waals surface area contributed by atoms with Crippen molar-refractivity contribution in [3.8, 4) is 5.75 Å². The van der Waals surface area contributed by atoms with Crippen LogP contribution in [0, 0.1) is 6.92 Å². The van der Waals surface area contributed by atoms with E-state index in [0.29, 0.717) is 23.4 Å². The molecule has 0 radical (unpaired) electrons. The number of hydrogen-bond acceptors (Lipinski definition) is 4. The summed E-state index contributed by atoms with van der Waals surface area (Å²) in [5, 5.41) is 19.4. The van der Waals surface area contributed by atoms with Gasteiger partial charge in [0.15, 0.2) is 0 Å². The van der Waals surface area contributed by atoms with E-state index < -0.39 is 6.09 Å². The van der Waals surface area contributed by atoms with Crippen LogP contribution in [0.15, 0.2) is 65.8 Å². The third kappa shape index (κ3) is 8.43. The van der Waals surface area contributed by atoms with Crippen molar-refractivity contribution in [1.29, 1.82) is 0 Å². The van der Waals surface area contributed by atoms with Crippen molar-refractivity contribution in [1.82, 2.24) is 0 Å². The van der Waals surface area contributed by atoms with Gasteiger partial charge in [-0.15, -0.1) is 0 Å². The number of anilines is 1. The van der Waals surface area contributed by atoms with Gasteiger partial charge in [0, 0.05) is 10.9 Å². The summed E-state index contributed by atoms with van der Waals surface area (Å²) < 4.78 is 0. The van der Waals surface area contributed by atoms with Gasteiger partial charge in [0.1, 0.15) is 5.75 Å². The fraction of sp³-hybridized carbons (Fsp3) is 0.400. The van der Waals surface area contributed by atoms with Gasteiger partial charge in [0.25, 0.3) is 0 Å². The van der Waals surface area contributed by atoms with Gasteiger partial charge in [-0.05, 0) is 43.4 Å². The van der Waals surface area contributed by atoms with Gasteiger partial charge in [-0.25, -0.2) is 4.79 Å². The van der Waals surface area contributed by atoms with E-state index in [1.807, 2.05) is 61.5 Å². The highest BCUT2D eigenvalue weighted by molar-refractivity contribution is 6.03. The minimum absolute atomic E-state index is 0.142. The van der Waals surface area contributed by atoms with Crippen molar-refractivity contribution in [2.45, 2.75) is 78.1 Å². The Morgan fingerprint density at radius 1 is 0.886 bits per heavy atom. The zero-order valence-electron chi connectivity index (χ0n) is 21.1. The number of carbonyl (C=O) groups excluding carboxylic acids is 1. The predicted octanol–water partition coefficient (Wildman–Crippen LogP) is 8.73. The van der Waals surface area contributed by atoms with E-state index in [4.69, 9.17) is 4.84 Å². The maximum atomic E-state index is 12.6. The number of carbonyl (C=O) groups is 1. The number of hydrogen-bond donors (Lipinski definition) is 2. The van der Waals surface area contributed by atoms with Crippen LogP contribution in [0.25, 0.3) is 10.8 Å². The molecule has 0 heterocycles. The van der Waals surface area contributed by atoms with Crippen molar-refractivity contribution in [2.24, 2.45) is 5.16 Å². The fourth-order valence-electron chi connectivity index (χ4n) is 4.28. The molecule has 0 aliphatic carbocycles. The molecule has 0 aliphatic heterocycles. The molecule has 0 atom stereocenters. The molecular weight excluding hydrogens is 436 g/mol. The number of phenols is 1. The highest BCUT2D eigenvalue weighted by atomic mass is 16.7. The van der Waals surface area contributed by atoms with E-state index in [1.54, 1.807) is 6.07 Å². The number of rotatable bonds is 13. The Morgan fingerprint density at radius 2 is 1.57 bits per heavy atom. The molecule has 0 saturated heterocycles. The summed E-state index contributed by atoms with van der Waals surface area (Å²) in [6, 6.07) is 19.0. The SMILES string of the molecule is CCCCCCCCCCCC(=NOC(=O)Nc1cccc2ccccc12)c1cc(C)ccc1O. The average molecular weight is 475 g/mol. The molecule has 3 aromatic carbocycles. The lowest BCUT2D eigenvalue weighted by molar-refractivity contribution is 0.166.